The summed E-state index contributed by atoms with van der Waals surface area (Å²) < 4.78 is 7.11. The largest absolute Gasteiger partial charge is 0.382 e. The number of likely N-dealkylation sites (N-methyl/N-ethyl adjacent to an activating group) is 1. The van der Waals surface area contributed by atoms with Crippen LogP contribution in [0.15, 0.2) is 6.33 Å². The summed E-state index contributed by atoms with van der Waals surface area (Å²) in [6, 6.07) is 0.445. The molecule has 0 saturated heterocycles. The van der Waals surface area contributed by atoms with Gasteiger partial charge >= 0.3 is 0 Å². The van der Waals surface area contributed by atoms with E-state index in [-0.39, 0.29) is 0 Å². The lowest BCUT2D eigenvalue weighted by Crippen LogP contribution is -2.32. The fourth-order valence-corrected chi connectivity index (χ4v) is 1.84. The molecule has 98 valence electrons. The lowest BCUT2D eigenvalue weighted by Gasteiger charge is -2.19. The molecule has 2 atom stereocenters. The predicted molar refractivity (Wildman–Crippen MR) is 67.9 cm³/mol. The van der Waals surface area contributed by atoms with E-state index in [9.17, 15) is 0 Å². The zero-order valence-corrected chi connectivity index (χ0v) is 11.3. The maximum Gasteiger partial charge on any atom is 0.138 e. The molecule has 1 rings (SSSR count). The quantitative estimate of drug-likeness (QED) is 0.740. The van der Waals surface area contributed by atoms with Crippen molar-refractivity contribution in [3.05, 3.63) is 12.2 Å². The summed E-state index contributed by atoms with van der Waals surface area (Å²) in [5.41, 5.74) is 0. The molecule has 5 heteroatoms. The second-order valence-corrected chi connectivity index (χ2v) is 4.38. The van der Waals surface area contributed by atoms with Crippen molar-refractivity contribution >= 4 is 0 Å². The van der Waals surface area contributed by atoms with Gasteiger partial charge in [0.15, 0.2) is 0 Å². The molecule has 0 radical (unpaired) electrons. The van der Waals surface area contributed by atoms with E-state index in [1.54, 1.807) is 13.4 Å². The van der Waals surface area contributed by atoms with Crippen molar-refractivity contribution in [2.24, 2.45) is 7.05 Å². The minimum Gasteiger partial charge on any atom is -0.382 e. The Morgan fingerprint density at radius 3 is 2.76 bits per heavy atom. The second-order valence-electron chi connectivity index (χ2n) is 4.38. The average Bonchev–Trinajstić information content (AvgIpc) is 2.72. The smallest absolute Gasteiger partial charge is 0.138 e. The molecule has 0 aliphatic rings. The van der Waals surface area contributed by atoms with Crippen LogP contribution in [0.5, 0.6) is 0 Å². The van der Waals surface area contributed by atoms with Crippen LogP contribution >= 0.6 is 0 Å². The second kappa shape index (κ2) is 7.40. The first-order valence-electron chi connectivity index (χ1n) is 6.26. The highest BCUT2D eigenvalue weighted by atomic mass is 16.5. The number of hydrogen-bond acceptors (Lipinski definition) is 4. The van der Waals surface area contributed by atoms with Gasteiger partial charge in [-0.15, -0.1) is 0 Å². The first kappa shape index (κ1) is 14.1. The Labute approximate surface area is 104 Å². The number of nitrogens with one attached hydrogen (secondary N) is 1. The Morgan fingerprint density at radius 2 is 2.24 bits per heavy atom. The van der Waals surface area contributed by atoms with Crippen molar-refractivity contribution in [1.82, 2.24) is 20.1 Å². The number of aryl methyl sites for hydroxylation is 1. The lowest BCUT2D eigenvalue weighted by atomic mass is 10.1. The molecule has 1 N–H and O–H groups in total. The number of hydrogen-bond donors (Lipinski definition) is 1. The summed E-state index contributed by atoms with van der Waals surface area (Å²) in [6.45, 7) is 5.21. The maximum atomic E-state index is 5.28. The fourth-order valence-electron chi connectivity index (χ4n) is 1.84. The minimum atomic E-state index is 0.315. The first-order valence-corrected chi connectivity index (χ1v) is 6.26. The van der Waals surface area contributed by atoms with Gasteiger partial charge in [0.05, 0.1) is 6.10 Å². The van der Waals surface area contributed by atoms with E-state index in [0.717, 1.165) is 31.6 Å². The van der Waals surface area contributed by atoms with Crippen molar-refractivity contribution in [2.75, 3.05) is 13.7 Å². The van der Waals surface area contributed by atoms with Crippen molar-refractivity contribution < 1.29 is 4.74 Å². The van der Waals surface area contributed by atoms with Gasteiger partial charge < -0.3 is 10.1 Å². The van der Waals surface area contributed by atoms with Gasteiger partial charge in [-0.05, 0) is 26.3 Å². The highest BCUT2D eigenvalue weighted by Gasteiger charge is 2.13. The van der Waals surface area contributed by atoms with Gasteiger partial charge in [0.1, 0.15) is 12.2 Å². The molecular weight excluding hydrogens is 216 g/mol. The molecule has 0 saturated carbocycles. The highest BCUT2D eigenvalue weighted by Crippen LogP contribution is 2.08. The zero-order chi connectivity index (χ0) is 12.7. The SMILES string of the molecule is CCNC(CCC(C)OC)Cc1ncnn1C. The van der Waals surface area contributed by atoms with Gasteiger partial charge in [0, 0.05) is 26.6 Å². The number of nitrogens with zero attached hydrogens (tertiary/aromatic N) is 3. The molecule has 0 amide bonds. The molecule has 2 unspecified atom stereocenters. The van der Waals surface area contributed by atoms with E-state index in [1.807, 2.05) is 11.7 Å². The summed E-state index contributed by atoms with van der Waals surface area (Å²) in [4.78, 5) is 4.27. The Morgan fingerprint density at radius 1 is 1.47 bits per heavy atom. The van der Waals surface area contributed by atoms with Gasteiger partial charge in [-0.1, -0.05) is 6.92 Å². The summed E-state index contributed by atoms with van der Waals surface area (Å²) >= 11 is 0. The summed E-state index contributed by atoms with van der Waals surface area (Å²) in [5, 5.41) is 7.59. The molecule has 0 aliphatic heterocycles. The van der Waals surface area contributed by atoms with Crippen LogP contribution in [-0.4, -0.2) is 40.6 Å². The molecule has 0 spiro atoms. The molecular formula is C12H24N4O. The number of rotatable bonds is 8. The normalized spacial score (nSPS) is 14.8. The zero-order valence-electron chi connectivity index (χ0n) is 11.3. The van der Waals surface area contributed by atoms with Gasteiger partial charge in [-0.2, -0.15) is 5.10 Å². The van der Waals surface area contributed by atoms with E-state index in [2.05, 4.69) is 29.2 Å². The third-order valence-electron chi connectivity index (χ3n) is 3.05. The predicted octanol–water partition coefficient (Wildman–Crippen LogP) is 1.15. The van der Waals surface area contributed by atoms with Crippen LogP contribution < -0.4 is 5.32 Å². The molecule has 0 aliphatic carbocycles. The fraction of sp³-hybridized carbons (Fsp3) is 0.833. The minimum absolute atomic E-state index is 0.315. The van der Waals surface area contributed by atoms with E-state index < -0.39 is 0 Å². The molecule has 5 nitrogen and oxygen atoms in total. The van der Waals surface area contributed by atoms with Gasteiger partial charge in [-0.3, -0.25) is 4.68 Å². The van der Waals surface area contributed by atoms with Gasteiger partial charge in [-0.25, -0.2) is 4.98 Å². The molecule has 1 aromatic rings. The van der Waals surface area contributed by atoms with Crippen LogP contribution in [-0.2, 0) is 18.2 Å². The lowest BCUT2D eigenvalue weighted by molar-refractivity contribution is 0.106. The Kier molecular flexibility index (Phi) is 6.15. The molecule has 0 fully saturated rings. The summed E-state index contributed by atoms with van der Waals surface area (Å²) in [7, 11) is 3.69. The van der Waals surface area contributed by atoms with Crippen LogP contribution in [0.25, 0.3) is 0 Å². The van der Waals surface area contributed by atoms with Crippen LogP contribution in [0.3, 0.4) is 0 Å². The monoisotopic (exact) mass is 240 g/mol. The van der Waals surface area contributed by atoms with E-state index in [1.165, 1.54) is 0 Å². The Balaban J connectivity index is 2.45. The van der Waals surface area contributed by atoms with Gasteiger partial charge in [0.25, 0.3) is 0 Å². The third kappa shape index (κ3) is 4.83. The van der Waals surface area contributed by atoms with E-state index in [0.29, 0.717) is 12.1 Å². The Hall–Kier alpha value is -0.940. The highest BCUT2D eigenvalue weighted by molar-refractivity contribution is 4.89. The Bertz CT molecular complexity index is 313. The van der Waals surface area contributed by atoms with Crippen LogP contribution in [0.4, 0.5) is 0 Å². The van der Waals surface area contributed by atoms with Crippen LogP contribution in [0, 0.1) is 0 Å². The average molecular weight is 240 g/mol. The van der Waals surface area contributed by atoms with Crippen molar-refractivity contribution in [3.8, 4) is 0 Å². The molecule has 1 aromatic heterocycles. The molecule has 0 aromatic carbocycles. The van der Waals surface area contributed by atoms with Crippen molar-refractivity contribution in [1.29, 1.82) is 0 Å². The van der Waals surface area contributed by atoms with E-state index in [4.69, 9.17) is 4.74 Å². The number of methoxy groups -OCH3 is 1. The topological polar surface area (TPSA) is 52.0 Å². The first-order chi connectivity index (χ1) is 8.17. The third-order valence-corrected chi connectivity index (χ3v) is 3.05. The number of aromatic nitrogens is 3. The molecule has 0 bridgehead atoms. The van der Waals surface area contributed by atoms with Crippen molar-refractivity contribution in [2.45, 2.75) is 45.3 Å². The summed E-state index contributed by atoms with van der Waals surface area (Å²) in [5.74, 6) is 1.03. The standard InChI is InChI=1S/C12H24N4O/c1-5-13-11(7-6-10(2)17-4)8-12-14-9-15-16(12)3/h9-11,13H,5-8H2,1-4H3. The van der Waals surface area contributed by atoms with Crippen LogP contribution in [0.2, 0.25) is 0 Å². The number of ether oxygens (including phenoxy) is 1. The summed E-state index contributed by atoms with van der Waals surface area (Å²) in [6.07, 6.45) is 4.99. The van der Waals surface area contributed by atoms with E-state index >= 15 is 0 Å². The maximum absolute atomic E-state index is 5.28. The van der Waals surface area contributed by atoms with Crippen LogP contribution in [0.1, 0.15) is 32.5 Å². The molecule has 1 heterocycles. The molecule has 17 heavy (non-hydrogen) atoms. The van der Waals surface area contributed by atoms with Crippen molar-refractivity contribution in [3.63, 3.8) is 0 Å². The van der Waals surface area contributed by atoms with Gasteiger partial charge in [0.2, 0.25) is 0 Å².